The molecular weight excluding hydrogens is 371 g/mol. The quantitative estimate of drug-likeness (QED) is 0.748. The van der Waals surface area contributed by atoms with Gasteiger partial charge in [-0.1, -0.05) is 0 Å². The minimum atomic E-state index is -3.66. The first-order valence-corrected chi connectivity index (χ1v) is 9.96. The first-order valence-electron chi connectivity index (χ1n) is 8.52. The third-order valence-corrected chi connectivity index (χ3v) is 6.71. The van der Waals surface area contributed by atoms with Crippen molar-refractivity contribution in [3.8, 4) is 0 Å². The van der Waals surface area contributed by atoms with Crippen LogP contribution in [0.25, 0.3) is 0 Å². The number of hydrogen-bond acceptors (Lipinski definition) is 5. The predicted octanol–water partition coefficient (Wildman–Crippen LogP) is 2.43. The van der Waals surface area contributed by atoms with Gasteiger partial charge in [0.1, 0.15) is 5.82 Å². The minimum absolute atomic E-state index is 0.139. The lowest BCUT2D eigenvalue weighted by molar-refractivity contribution is 0.0600. The Labute approximate surface area is 158 Å². The van der Waals surface area contributed by atoms with Crippen molar-refractivity contribution in [2.75, 3.05) is 38.2 Å². The number of nitrogens with zero attached hydrogens (tertiary/aromatic N) is 2. The molecule has 0 radical (unpaired) electrons. The number of sulfonamides is 1. The van der Waals surface area contributed by atoms with Gasteiger partial charge < -0.3 is 9.64 Å². The number of carbonyl (C=O) groups excluding carboxylic acids is 1. The zero-order valence-corrected chi connectivity index (χ0v) is 16.0. The molecule has 1 fully saturated rings. The maximum Gasteiger partial charge on any atom is 0.337 e. The highest BCUT2D eigenvalue weighted by Gasteiger charge is 2.29. The Morgan fingerprint density at radius 1 is 1.04 bits per heavy atom. The van der Waals surface area contributed by atoms with E-state index in [2.05, 4.69) is 9.64 Å². The number of anilines is 1. The van der Waals surface area contributed by atoms with Gasteiger partial charge in [0.05, 0.1) is 17.6 Å². The van der Waals surface area contributed by atoms with Crippen LogP contribution in [0.15, 0.2) is 47.4 Å². The molecule has 0 aromatic heterocycles. The second-order valence-electron chi connectivity index (χ2n) is 6.34. The van der Waals surface area contributed by atoms with Gasteiger partial charge in [-0.25, -0.2) is 17.6 Å². The van der Waals surface area contributed by atoms with Gasteiger partial charge in [-0.3, -0.25) is 0 Å². The second-order valence-corrected chi connectivity index (χ2v) is 8.25. The van der Waals surface area contributed by atoms with E-state index in [-0.39, 0.29) is 4.90 Å². The van der Waals surface area contributed by atoms with Crippen LogP contribution in [0, 0.1) is 12.7 Å². The summed E-state index contributed by atoms with van der Waals surface area (Å²) < 4.78 is 45.1. The average Bonchev–Trinajstić information content (AvgIpc) is 2.67. The fraction of sp³-hybridized carbons (Fsp3) is 0.316. The van der Waals surface area contributed by atoms with Crippen molar-refractivity contribution < 1.29 is 22.3 Å². The van der Waals surface area contributed by atoms with Crippen molar-refractivity contribution in [1.82, 2.24) is 4.31 Å². The normalized spacial score (nSPS) is 15.6. The average molecular weight is 392 g/mol. The van der Waals surface area contributed by atoms with Crippen LogP contribution in [0.1, 0.15) is 15.9 Å². The molecule has 0 aliphatic carbocycles. The first kappa shape index (κ1) is 19.3. The number of halogens is 1. The Bertz CT molecular complexity index is 937. The molecule has 1 heterocycles. The van der Waals surface area contributed by atoms with Crippen molar-refractivity contribution in [3.05, 3.63) is 59.4 Å². The smallest absolute Gasteiger partial charge is 0.337 e. The van der Waals surface area contributed by atoms with Crippen LogP contribution in [-0.2, 0) is 14.8 Å². The number of benzene rings is 2. The van der Waals surface area contributed by atoms with Gasteiger partial charge in [0.15, 0.2) is 0 Å². The molecule has 6 nitrogen and oxygen atoms in total. The molecule has 2 aromatic carbocycles. The molecule has 1 aliphatic heterocycles. The summed E-state index contributed by atoms with van der Waals surface area (Å²) in [7, 11) is -2.33. The highest BCUT2D eigenvalue weighted by molar-refractivity contribution is 7.89. The van der Waals surface area contributed by atoms with Crippen LogP contribution in [0.5, 0.6) is 0 Å². The Kier molecular flexibility index (Phi) is 5.48. The Balaban J connectivity index is 1.70. The number of esters is 1. The molecule has 0 saturated carbocycles. The van der Waals surface area contributed by atoms with E-state index in [1.807, 2.05) is 12.1 Å². The van der Waals surface area contributed by atoms with Gasteiger partial charge in [0.2, 0.25) is 10.0 Å². The van der Waals surface area contributed by atoms with E-state index >= 15 is 0 Å². The van der Waals surface area contributed by atoms with Crippen LogP contribution in [0.3, 0.4) is 0 Å². The molecule has 1 aliphatic rings. The first-order chi connectivity index (χ1) is 12.8. The Morgan fingerprint density at radius 3 is 2.22 bits per heavy atom. The zero-order chi connectivity index (χ0) is 19.6. The van der Waals surface area contributed by atoms with E-state index in [1.54, 1.807) is 19.1 Å². The van der Waals surface area contributed by atoms with Crippen molar-refractivity contribution in [2.24, 2.45) is 0 Å². The van der Waals surface area contributed by atoms with Gasteiger partial charge in [-0.15, -0.1) is 0 Å². The molecule has 144 valence electrons. The molecule has 0 atom stereocenters. The standard InChI is InChI=1S/C19H21FN2O4S/c1-14-13-16(20)5-8-18(14)27(24,25)22-11-9-21(10-12-22)17-6-3-15(4-7-17)19(23)26-2/h3-8,13H,9-12H2,1-2H3. The summed E-state index contributed by atoms with van der Waals surface area (Å²) in [6.07, 6.45) is 0. The summed E-state index contributed by atoms with van der Waals surface area (Å²) in [5.74, 6) is -0.848. The topological polar surface area (TPSA) is 66.9 Å². The van der Waals surface area contributed by atoms with E-state index in [0.717, 1.165) is 5.69 Å². The van der Waals surface area contributed by atoms with Gasteiger partial charge in [-0.05, 0) is 55.0 Å². The number of aryl methyl sites for hydroxylation is 1. The molecule has 8 heteroatoms. The van der Waals surface area contributed by atoms with Gasteiger partial charge >= 0.3 is 5.97 Å². The maximum atomic E-state index is 13.3. The van der Waals surface area contributed by atoms with Crippen LogP contribution in [0.4, 0.5) is 10.1 Å². The summed E-state index contributed by atoms with van der Waals surface area (Å²) >= 11 is 0. The third kappa shape index (κ3) is 3.96. The van der Waals surface area contributed by atoms with Gasteiger partial charge in [0, 0.05) is 31.9 Å². The highest BCUT2D eigenvalue weighted by Crippen LogP contribution is 2.24. The number of piperazine rings is 1. The molecular formula is C19H21FN2O4S. The Morgan fingerprint density at radius 2 is 1.67 bits per heavy atom. The van der Waals surface area contributed by atoms with Crippen molar-refractivity contribution in [1.29, 1.82) is 0 Å². The molecule has 0 bridgehead atoms. The van der Waals surface area contributed by atoms with Crippen molar-refractivity contribution >= 4 is 21.7 Å². The lowest BCUT2D eigenvalue weighted by Crippen LogP contribution is -2.48. The van der Waals surface area contributed by atoms with E-state index < -0.39 is 21.8 Å². The molecule has 0 N–H and O–H groups in total. The van der Waals surface area contributed by atoms with E-state index in [0.29, 0.717) is 37.3 Å². The van der Waals surface area contributed by atoms with Gasteiger partial charge in [0.25, 0.3) is 0 Å². The van der Waals surface area contributed by atoms with E-state index in [4.69, 9.17) is 0 Å². The summed E-state index contributed by atoms with van der Waals surface area (Å²) in [5.41, 5.74) is 1.78. The Hall–Kier alpha value is -2.45. The molecule has 27 heavy (non-hydrogen) atoms. The lowest BCUT2D eigenvalue weighted by atomic mass is 10.2. The van der Waals surface area contributed by atoms with Crippen molar-refractivity contribution in [3.63, 3.8) is 0 Å². The zero-order valence-electron chi connectivity index (χ0n) is 15.2. The van der Waals surface area contributed by atoms with Crippen LogP contribution >= 0.6 is 0 Å². The molecule has 0 unspecified atom stereocenters. The number of ether oxygens (including phenoxy) is 1. The molecule has 0 spiro atoms. The van der Waals surface area contributed by atoms with E-state index in [1.165, 1.54) is 29.6 Å². The van der Waals surface area contributed by atoms with Gasteiger partial charge in [-0.2, -0.15) is 4.31 Å². The monoisotopic (exact) mass is 392 g/mol. The third-order valence-electron chi connectivity index (χ3n) is 4.65. The summed E-state index contributed by atoms with van der Waals surface area (Å²) in [6, 6.07) is 10.7. The number of hydrogen-bond donors (Lipinski definition) is 0. The number of methoxy groups -OCH3 is 1. The summed E-state index contributed by atoms with van der Waals surface area (Å²) in [6.45, 7) is 3.30. The fourth-order valence-electron chi connectivity index (χ4n) is 3.15. The largest absolute Gasteiger partial charge is 0.465 e. The molecule has 3 rings (SSSR count). The molecule has 2 aromatic rings. The highest BCUT2D eigenvalue weighted by atomic mass is 32.2. The summed E-state index contributed by atoms with van der Waals surface area (Å²) in [4.78, 5) is 13.7. The second kappa shape index (κ2) is 7.66. The van der Waals surface area contributed by atoms with E-state index in [9.17, 15) is 17.6 Å². The van der Waals surface area contributed by atoms with Crippen LogP contribution in [-0.4, -0.2) is 52.0 Å². The lowest BCUT2D eigenvalue weighted by Gasteiger charge is -2.35. The predicted molar refractivity (Wildman–Crippen MR) is 99.9 cm³/mol. The summed E-state index contributed by atoms with van der Waals surface area (Å²) in [5, 5.41) is 0. The van der Waals surface area contributed by atoms with Crippen LogP contribution in [0.2, 0.25) is 0 Å². The molecule has 0 amide bonds. The minimum Gasteiger partial charge on any atom is -0.465 e. The number of carbonyl (C=O) groups is 1. The van der Waals surface area contributed by atoms with Crippen LogP contribution < -0.4 is 4.90 Å². The fourth-order valence-corrected chi connectivity index (χ4v) is 4.78. The molecule has 1 saturated heterocycles. The maximum absolute atomic E-state index is 13.3. The number of rotatable bonds is 4. The SMILES string of the molecule is COC(=O)c1ccc(N2CCN(S(=O)(=O)c3ccc(F)cc3C)CC2)cc1. The van der Waals surface area contributed by atoms with Crippen molar-refractivity contribution in [2.45, 2.75) is 11.8 Å².